The zero-order valence-corrected chi connectivity index (χ0v) is 38.7. The van der Waals surface area contributed by atoms with Crippen molar-refractivity contribution in [3.8, 4) is 0 Å². The van der Waals surface area contributed by atoms with E-state index in [0.29, 0.717) is 22.3 Å². The molecule has 0 radical (unpaired) electrons. The third-order valence-corrected chi connectivity index (χ3v) is 15.0. The van der Waals surface area contributed by atoms with Gasteiger partial charge in [-0.05, 0) is 146 Å². The Morgan fingerprint density at radius 1 is 0.333 bits per heavy atom. The van der Waals surface area contributed by atoms with Gasteiger partial charge in [-0.15, -0.1) is 0 Å². The van der Waals surface area contributed by atoms with Gasteiger partial charge in [-0.1, -0.05) is 149 Å². The van der Waals surface area contributed by atoms with Gasteiger partial charge in [0, 0.05) is 61.4 Å². The van der Waals surface area contributed by atoms with Crippen LogP contribution in [-0.2, 0) is 25.7 Å². The van der Waals surface area contributed by atoms with Gasteiger partial charge in [0.1, 0.15) is 0 Å². The summed E-state index contributed by atoms with van der Waals surface area (Å²) in [4.78, 5) is 38.1. The van der Waals surface area contributed by atoms with E-state index in [2.05, 4.69) is 137 Å². The second kappa shape index (κ2) is 21.7. The number of carbonyl (C=O) groups is 2. The van der Waals surface area contributed by atoms with Crippen LogP contribution in [0.5, 0.6) is 0 Å². The van der Waals surface area contributed by atoms with Crippen LogP contribution in [0.1, 0.15) is 133 Å². The molecule has 0 fully saturated rings. The average molecular weight is 865 g/mol. The molecule has 0 saturated heterocycles. The van der Waals surface area contributed by atoms with Crippen molar-refractivity contribution in [3.63, 3.8) is 0 Å². The van der Waals surface area contributed by atoms with Crippen LogP contribution in [-0.4, -0.2) is 11.6 Å². The number of aryl methyl sites for hydroxylation is 4. The molecular weight excluding hydrogens is 809 g/mol. The Bertz CT molecular complexity index is 2210. The molecule has 60 heavy (non-hydrogen) atoms. The van der Waals surface area contributed by atoms with E-state index in [9.17, 15) is 0 Å². The van der Waals surface area contributed by atoms with Gasteiger partial charge in [0.05, 0.1) is 0 Å². The van der Waals surface area contributed by atoms with Crippen LogP contribution in [0.15, 0.2) is 160 Å². The second-order valence-electron chi connectivity index (χ2n) is 15.7. The number of hydrogen-bond donors (Lipinski definition) is 0. The quantitative estimate of drug-likeness (QED) is 0.0759. The summed E-state index contributed by atoms with van der Waals surface area (Å²) in [6.45, 7) is 8.88. The summed E-state index contributed by atoms with van der Waals surface area (Å²) in [7, 11) is 0. The van der Waals surface area contributed by atoms with Gasteiger partial charge in [0.25, 0.3) is 0 Å². The van der Waals surface area contributed by atoms with Crippen LogP contribution < -0.4 is 0 Å². The Labute approximate surface area is 375 Å². The molecule has 7 rings (SSSR count). The van der Waals surface area contributed by atoms with Crippen molar-refractivity contribution in [2.75, 3.05) is 0 Å². The number of unbranched alkanes of at least 4 members (excludes halogenated alkanes) is 4. The molecule has 6 heteroatoms. The maximum absolute atomic E-state index is 15.1. The fourth-order valence-electron chi connectivity index (χ4n) is 7.50. The van der Waals surface area contributed by atoms with Crippen molar-refractivity contribution in [2.24, 2.45) is 0 Å². The predicted molar refractivity (Wildman–Crippen MR) is 256 cm³/mol. The van der Waals surface area contributed by atoms with Crippen LogP contribution in [0.4, 0.5) is 0 Å². The molecule has 0 bridgehead atoms. The molecule has 0 saturated carbocycles. The van der Waals surface area contributed by atoms with Gasteiger partial charge in [-0.2, -0.15) is 0 Å². The highest BCUT2D eigenvalue weighted by molar-refractivity contribution is 8.00. The molecule has 0 N–H and O–H groups in total. The molecule has 6 aromatic rings. The Balaban J connectivity index is 1.30. The molecule has 2 nitrogen and oxygen atoms in total. The molecular formula is C54H56O2S4. The summed E-state index contributed by atoms with van der Waals surface area (Å²) in [5.74, 6) is -0.180. The van der Waals surface area contributed by atoms with E-state index < -0.39 is 0 Å². The average Bonchev–Trinajstić information content (AvgIpc) is 3.27. The molecule has 1 aliphatic rings. The molecule has 0 aliphatic heterocycles. The van der Waals surface area contributed by atoms with Crippen molar-refractivity contribution in [1.82, 2.24) is 0 Å². The minimum atomic E-state index is -0.0902. The van der Waals surface area contributed by atoms with E-state index in [-0.39, 0.29) is 11.6 Å². The first-order valence-electron chi connectivity index (χ1n) is 21.9. The number of carbonyl (C=O) groups excluding carboxylic acids is 2. The number of benzene rings is 6. The van der Waals surface area contributed by atoms with Crippen molar-refractivity contribution in [3.05, 3.63) is 166 Å². The van der Waals surface area contributed by atoms with E-state index in [1.54, 1.807) is 47.0 Å². The molecule has 0 amide bonds. The summed E-state index contributed by atoms with van der Waals surface area (Å²) < 4.78 is 0. The van der Waals surface area contributed by atoms with Gasteiger partial charge in [-0.3, -0.25) is 9.59 Å². The largest absolute Gasteiger partial charge is 0.289 e. The topological polar surface area (TPSA) is 34.1 Å². The minimum absolute atomic E-state index is 0.0902. The number of ketones is 2. The maximum atomic E-state index is 15.1. The van der Waals surface area contributed by atoms with E-state index in [0.717, 1.165) is 90.5 Å². The van der Waals surface area contributed by atoms with Gasteiger partial charge in [0.15, 0.2) is 11.6 Å². The number of hydrogen-bond acceptors (Lipinski definition) is 6. The standard InChI is InChI=1S/C54H56O2S4/c1-5-9-13-37-17-25-41(26-18-37)57-45-33-47-51(49(35-45)59-43-29-21-39(22-30-43)15-11-7-3)54(56)48-34-46(58-42-27-19-38(20-28-42)14-10-6-2)36-50(52(48)53(47)55)60-44-31-23-40(24-32-44)16-12-8-4/h17-36H,5-16H2,1-4H3. The van der Waals surface area contributed by atoms with E-state index in [1.165, 1.54) is 47.9 Å². The molecule has 0 aromatic heterocycles. The SMILES string of the molecule is CCCCc1ccc(Sc2cc(Sc3ccc(CCCC)cc3)c3c(c2)C(=O)c2c(Sc4ccc(CCCC)cc4)cc(Sc4ccc(CCCC)cc4)cc2C3=O)cc1. The van der Waals surface area contributed by atoms with E-state index in [1.807, 2.05) is 12.1 Å². The van der Waals surface area contributed by atoms with Crippen LogP contribution >= 0.6 is 47.0 Å². The summed E-state index contributed by atoms with van der Waals surface area (Å²) in [6, 6.07) is 43.2. The predicted octanol–water partition coefficient (Wildman–Crippen LogP) is 16.4. The molecule has 308 valence electrons. The zero-order valence-electron chi connectivity index (χ0n) is 35.5. The Kier molecular flexibility index (Phi) is 16.0. The lowest BCUT2D eigenvalue weighted by molar-refractivity contribution is 0.0974. The highest BCUT2D eigenvalue weighted by atomic mass is 32.2. The number of fused-ring (bicyclic) bond motifs is 2. The monoisotopic (exact) mass is 864 g/mol. The van der Waals surface area contributed by atoms with Crippen LogP contribution in [0.2, 0.25) is 0 Å². The van der Waals surface area contributed by atoms with Crippen LogP contribution in [0.3, 0.4) is 0 Å². The van der Waals surface area contributed by atoms with Gasteiger partial charge >= 0.3 is 0 Å². The molecule has 0 spiro atoms. The lowest BCUT2D eigenvalue weighted by Gasteiger charge is -2.24. The second-order valence-corrected chi connectivity index (χ2v) is 20.3. The molecule has 0 atom stereocenters. The number of rotatable bonds is 20. The summed E-state index contributed by atoms with van der Waals surface area (Å²) in [5.41, 5.74) is 7.29. The first-order valence-corrected chi connectivity index (χ1v) is 25.1. The summed E-state index contributed by atoms with van der Waals surface area (Å²) in [6.07, 6.45) is 13.6. The Morgan fingerprint density at radius 2 is 0.600 bits per heavy atom. The van der Waals surface area contributed by atoms with E-state index in [4.69, 9.17) is 0 Å². The normalized spacial score (nSPS) is 12.1. The van der Waals surface area contributed by atoms with Gasteiger partial charge < -0.3 is 0 Å². The lowest BCUT2D eigenvalue weighted by atomic mass is 9.84. The molecule has 6 aromatic carbocycles. The first-order chi connectivity index (χ1) is 29.3. The fraction of sp³-hybridized carbons (Fsp3) is 0.296. The highest BCUT2D eigenvalue weighted by Crippen LogP contribution is 2.46. The van der Waals surface area contributed by atoms with Gasteiger partial charge in [0.2, 0.25) is 0 Å². The van der Waals surface area contributed by atoms with Crippen molar-refractivity contribution in [2.45, 2.75) is 144 Å². The Morgan fingerprint density at radius 3 is 0.867 bits per heavy atom. The molecule has 1 aliphatic carbocycles. The van der Waals surface area contributed by atoms with E-state index >= 15 is 9.59 Å². The third kappa shape index (κ3) is 11.3. The highest BCUT2D eigenvalue weighted by Gasteiger charge is 2.35. The van der Waals surface area contributed by atoms with Crippen molar-refractivity contribution < 1.29 is 9.59 Å². The lowest BCUT2D eigenvalue weighted by Crippen LogP contribution is -2.23. The Hall–Kier alpha value is -3.94. The summed E-state index contributed by atoms with van der Waals surface area (Å²) >= 11 is 6.47. The summed E-state index contributed by atoms with van der Waals surface area (Å²) in [5, 5.41) is 0. The van der Waals surface area contributed by atoms with Crippen molar-refractivity contribution >= 4 is 58.6 Å². The van der Waals surface area contributed by atoms with Crippen LogP contribution in [0.25, 0.3) is 0 Å². The molecule has 0 unspecified atom stereocenters. The molecule has 0 heterocycles. The first kappa shape index (κ1) is 44.1. The van der Waals surface area contributed by atoms with Crippen molar-refractivity contribution in [1.29, 1.82) is 0 Å². The maximum Gasteiger partial charge on any atom is 0.195 e. The minimum Gasteiger partial charge on any atom is -0.289 e. The fourth-order valence-corrected chi connectivity index (χ4v) is 11.5. The van der Waals surface area contributed by atoms with Gasteiger partial charge in [-0.25, -0.2) is 0 Å². The van der Waals surface area contributed by atoms with Crippen LogP contribution in [0, 0.1) is 0 Å². The smallest absolute Gasteiger partial charge is 0.195 e. The zero-order chi connectivity index (χ0) is 41.8. The third-order valence-electron chi connectivity index (χ3n) is 11.0.